The summed E-state index contributed by atoms with van der Waals surface area (Å²) >= 11 is 0. The molecule has 5 N–H and O–H groups in total. The van der Waals surface area contributed by atoms with Gasteiger partial charge >= 0.3 is 0 Å². The van der Waals surface area contributed by atoms with Crippen LogP contribution in [0.1, 0.15) is 10.5 Å². The van der Waals surface area contributed by atoms with Gasteiger partial charge in [-0.2, -0.15) is 4.31 Å². The minimum absolute atomic E-state index is 0.131. The molecular weight excluding hydrogens is 506 g/mol. The smallest absolute Gasteiger partial charge is 0.278 e. The van der Waals surface area contributed by atoms with E-state index in [0.717, 1.165) is 0 Å². The molecule has 0 saturated carbocycles. The Balaban J connectivity index is 1.55. The third kappa shape index (κ3) is 5.52. The number of hydrogen-bond donors (Lipinski definition) is 3. The number of nitrogens with two attached hydrogens (primary N) is 2. The molecule has 0 spiro atoms. The van der Waals surface area contributed by atoms with Gasteiger partial charge < -0.3 is 16.0 Å². The molecule has 190 valence electrons. The van der Waals surface area contributed by atoms with Crippen LogP contribution in [0.3, 0.4) is 0 Å². The van der Waals surface area contributed by atoms with Crippen molar-refractivity contribution in [3.63, 3.8) is 0 Å². The number of hydrogen-bond acceptors (Lipinski definition) is 9. The third-order valence-corrected chi connectivity index (χ3v) is 8.51. The lowest BCUT2D eigenvalue weighted by Crippen LogP contribution is -2.46. The van der Waals surface area contributed by atoms with Gasteiger partial charge in [-0.15, -0.1) is 0 Å². The monoisotopic (exact) mass is 531 g/mol. The second kappa shape index (κ2) is 9.91. The number of nitrogens with zero attached hydrogens (tertiary/aromatic N) is 4. The second-order valence-electron chi connectivity index (χ2n) is 8.25. The van der Waals surface area contributed by atoms with E-state index in [1.807, 2.05) is 7.05 Å². The van der Waals surface area contributed by atoms with E-state index >= 15 is 0 Å². The highest BCUT2D eigenvalue weighted by Gasteiger charge is 2.27. The zero-order chi connectivity index (χ0) is 26.1. The number of primary sulfonamides is 1. The molecule has 36 heavy (non-hydrogen) atoms. The minimum atomic E-state index is -3.95. The van der Waals surface area contributed by atoms with Crippen molar-refractivity contribution in [1.82, 2.24) is 19.2 Å². The van der Waals surface area contributed by atoms with E-state index in [9.17, 15) is 21.6 Å². The van der Waals surface area contributed by atoms with Crippen LogP contribution in [0.4, 0.5) is 11.5 Å². The molecule has 2 aromatic carbocycles. The van der Waals surface area contributed by atoms with Gasteiger partial charge in [-0.25, -0.2) is 31.9 Å². The summed E-state index contributed by atoms with van der Waals surface area (Å²) in [4.78, 5) is 23.2. The number of likely N-dealkylation sites (N-methyl/N-ethyl adjacent to an activating group) is 1. The topological polar surface area (TPSA) is 182 Å². The molecule has 0 radical (unpaired) electrons. The van der Waals surface area contributed by atoms with Crippen LogP contribution in [0.25, 0.3) is 11.3 Å². The van der Waals surface area contributed by atoms with E-state index in [4.69, 9.17) is 10.9 Å². The highest BCUT2D eigenvalue weighted by atomic mass is 32.2. The number of nitrogens with one attached hydrogen (secondary N) is 1. The Morgan fingerprint density at radius 1 is 0.972 bits per heavy atom. The van der Waals surface area contributed by atoms with Crippen molar-refractivity contribution in [1.29, 1.82) is 0 Å². The number of amides is 1. The van der Waals surface area contributed by atoms with Crippen molar-refractivity contribution >= 4 is 37.5 Å². The maximum Gasteiger partial charge on any atom is 0.278 e. The van der Waals surface area contributed by atoms with Gasteiger partial charge in [0.25, 0.3) is 5.91 Å². The number of anilines is 2. The molecule has 0 atom stereocenters. The molecular formula is C22H25N7O5S2. The molecule has 0 unspecified atom stereocenters. The summed E-state index contributed by atoms with van der Waals surface area (Å²) in [5.41, 5.74) is 6.69. The molecule has 2 heterocycles. The number of aromatic nitrogens is 2. The second-order valence-corrected chi connectivity index (χ2v) is 11.7. The Bertz CT molecular complexity index is 1500. The summed E-state index contributed by atoms with van der Waals surface area (Å²) in [6.07, 6.45) is 1.37. The number of sulfonamides is 2. The predicted octanol–water partition coefficient (Wildman–Crippen LogP) is 0.562. The Hall–Kier alpha value is -3.43. The molecule has 1 aliphatic rings. The Labute approximate surface area is 209 Å². The Kier molecular flexibility index (Phi) is 7.06. The van der Waals surface area contributed by atoms with Crippen LogP contribution in [0.2, 0.25) is 0 Å². The summed E-state index contributed by atoms with van der Waals surface area (Å²) in [5, 5.41) is 7.67. The van der Waals surface area contributed by atoms with Gasteiger partial charge in [0, 0.05) is 37.4 Å². The van der Waals surface area contributed by atoms with Gasteiger partial charge in [-0.05, 0) is 37.4 Å². The van der Waals surface area contributed by atoms with E-state index in [-0.39, 0.29) is 27.0 Å². The Morgan fingerprint density at radius 3 is 2.28 bits per heavy atom. The zero-order valence-corrected chi connectivity index (χ0v) is 21.0. The molecule has 3 aromatic rings. The van der Waals surface area contributed by atoms with Crippen LogP contribution >= 0.6 is 0 Å². The third-order valence-electron chi connectivity index (χ3n) is 5.69. The summed E-state index contributed by atoms with van der Waals surface area (Å²) in [6, 6.07) is 11.6. The van der Waals surface area contributed by atoms with Crippen molar-refractivity contribution in [3.8, 4) is 11.3 Å². The maximum atomic E-state index is 13.0. The lowest BCUT2D eigenvalue weighted by Gasteiger charge is -2.31. The normalized spacial score (nSPS) is 15.5. The first-order valence-electron chi connectivity index (χ1n) is 10.8. The molecule has 1 aliphatic heterocycles. The summed E-state index contributed by atoms with van der Waals surface area (Å²) < 4.78 is 50.5. The van der Waals surface area contributed by atoms with E-state index < -0.39 is 26.0 Å². The molecule has 0 bridgehead atoms. The van der Waals surface area contributed by atoms with Crippen LogP contribution in [0.5, 0.6) is 0 Å². The molecule has 0 aliphatic carbocycles. The fourth-order valence-corrected chi connectivity index (χ4v) is 5.60. The number of nitrogen functional groups attached to an aromatic ring is 1. The quantitative estimate of drug-likeness (QED) is 0.409. The summed E-state index contributed by atoms with van der Waals surface area (Å²) in [7, 11) is -5.63. The van der Waals surface area contributed by atoms with E-state index in [2.05, 4.69) is 20.2 Å². The van der Waals surface area contributed by atoms with E-state index in [1.54, 1.807) is 12.1 Å². The fraction of sp³-hybridized carbons (Fsp3) is 0.227. The largest absolute Gasteiger partial charge is 0.382 e. The predicted molar refractivity (Wildman–Crippen MR) is 134 cm³/mol. The van der Waals surface area contributed by atoms with Crippen molar-refractivity contribution in [2.75, 3.05) is 44.3 Å². The average molecular weight is 532 g/mol. The number of benzene rings is 2. The van der Waals surface area contributed by atoms with E-state index in [0.29, 0.717) is 37.4 Å². The highest BCUT2D eigenvalue weighted by molar-refractivity contribution is 7.89. The zero-order valence-electron chi connectivity index (χ0n) is 19.3. The van der Waals surface area contributed by atoms with Gasteiger partial charge in [0.1, 0.15) is 0 Å². The van der Waals surface area contributed by atoms with Crippen LogP contribution in [0.15, 0.2) is 64.5 Å². The first-order chi connectivity index (χ1) is 16.9. The lowest BCUT2D eigenvalue weighted by molar-refractivity contribution is 0.102. The molecule has 1 amide bonds. The van der Waals surface area contributed by atoms with Gasteiger partial charge in [-0.1, -0.05) is 18.2 Å². The number of carbonyl (C=O) groups excluding carboxylic acids is 1. The van der Waals surface area contributed by atoms with Crippen molar-refractivity contribution < 1.29 is 21.6 Å². The molecule has 1 saturated heterocycles. The van der Waals surface area contributed by atoms with Crippen molar-refractivity contribution in [2.45, 2.75) is 9.79 Å². The first-order valence-corrected chi connectivity index (χ1v) is 13.8. The van der Waals surface area contributed by atoms with Crippen molar-refractivity contribution in [2.24, 2.45) is 5.14 Å². The molecule has 12 nitrogen and oxygen atoms in total. The minimum Gasteiger partial charge on any atom is -0.382 e. The molecule has 4 rings (SSSR count). The standard InChI is InChI=1S/C22H25N7O5S2/c1-28-9-11-29(12-10-28)36(33,34)17-7-5-15(6-8-17)19-14-25-21(23)20(27-19)22(30)26-16-3-2-4-18(13-16)35(24,31)32/h2-8,13-14H,9-12H2,1H3,(H2,23,25)(H,26,30)(H2,24,31,32). The average Bonchev–Trinajstić information content (AvgIpc) is 2.84. The van der Waals surface area contributed by atoms with Crippen molar-refractivity contribution in [3.05, 3.63) is 60.4 Å². The number of piperazine rings is 1. The van der Waals surface area contributed by atoms with Crippen LogP contribution in [-0.4, -0.2) is 75.1 Å². The molecule has 1 fully saturated rings. The highest BCUT2D eigenvalue weighted by Crippen LogP contribution is 2.24. The Morgan fingerprint density at radius 2 is 1.64 bits per heavy atom. The van der Waals surface area contributed by atoms with Crippen LogP contribution in [-0.2, 0) is 20.0 Å². The summed E-state index contributed by atoms with van der Waals surface area (Å²) in [5.74, 6) is -0.837. The fourth-order valence-electron chi connectivity index (χ4n) is 3.62. The number of carbonyl (C=O) groups is 1. The lowest BCUT2D eigenvalue weighted by atomic mass is 10.1. The maximum absolute atomic E-state index is 13.0. The molecule has 1 aromatic heterocycles. The first kappa shape index (κ1) is 25.7. The van der Waals surface area contributed by atoms with Gasteiger partial charge in [0.05, 0.1) is 21.7 Å². The van der Waals surface area contributed by atoms with Crippen LogP contribution < -0.4 is 16.2 Å². The summed E-state index contributed by atoms with van der Waals surface area (Å²) in [6.45, 7) is 2.16. The SMILES string of the molecule is CN1CCN(S(=O)(=O)c2ccc(-c3cnc(N)c(C(=O)Nc4cccc(S(N)(=O)=O)c4)n3)cc2)CC1. The van der Waals surface area contributed by atoms with Gasteiger partial charge in [0.15, 0.2) is 11.5 Å². The van der Waals surface area contributed by atoms with Gasteiger partial charge in [-0.3, -0.25) is 4.79 Å². The van der Waals surface area contributed by atoms with Crippen LogP contribution in [0, 0.1) is 0 Å². The van der Waals surface area contributed by atoms with Gasteiger partial charge in [0.2, 0.25) is 20.0 Å². The molecule has 14 heteroatoms. The number of rotatable bonds is 6. The van der Waals surface area contributed by atoms with E-state index in [1.165, 1.54) is 46.9 Å².